The van der Waals surface area contributed by atoms with Crippen LogP contribution in [0.2, 0.25) is 0 Å². The summed E-state index contributed by atoms with van der Waals surface area (Å²) in [4.78, 5) is 13.6. The van der Waals surface area contributed by atoms with Crippen molar-refractivity contribution in [3.8, 4) is 11.5 Å². The number of ether oxygens (including phenoxy) is 1. The Hall–Kier alpha value is -2.01. The third-order valence-electron chi connectivity index (χ3n) is 3.54. The molecule has 0 spiro atoms. The van der Waals surface area contributed by atoms with E-state index in [1.165, 1.54) is 12.1 Å². The zero-order chi connectivity index (χ0) is 15.5. The fourth-order valence-electron chi connectivity index (χ4n) is 2.43. The first-order valence-corrected chi connectivity index (χ1v) is 7.60. The summed E-state index contributed by atoms with van der Waals surface area (Å²) in [7, 11) is 0. The van der Waals surface area contributed by atoms with Crippen LogP contribution in [-0.4, -0.2) is 22.6 Å². The van der Waals surface area contributed by atoms with Crippen molar-refractivity contribution in [3.05, 3.63) is 59.9 Å². The Balaban J connectivity index is 1.63. The highest BCUT2D eigenvalue weighted by atomic mass is 32.1. The van der Waals surface area contributed by atoms with E-state index in [1.807, 2.05) is 29.2 Å². The van der Waals surface area contributed by atoms with E-state index < -0.39 is 0 Å². The standard InChI is InChI=1S/C17H16FNO2S/c18-13-3-7-15(8-4-13)21-14-5-1-12(2-6-14)10-19-11-16(22)9-17(19)20/h1-8,16,22H,9-11H2. The summed E-state index contributed by atoms with van der Waals surface area (Å²) in [5.74, 6) is 1.11. The van der Waals surface area contributed by atoms with E-state index in [0.29, 0.717) is 31.0 Å². The molecule has 114 valence electrons. The van der Waals surface area contributed by atoms with Gasteiger partial charge in [-0.2, -0.15) is 12.6 Å². The van der Waals surface area contributed by atoms with Gasteiger partial charge in [0.05, 0.1) is 0 Å². The monoisotopic (exact) mass is 317 g/mol. The second-order valence-corrected chi connectivity index (χ2v) is 6.06. The summed E-state index contributed by atoms with van der Waals surface area (Å²) in [5, 5.41) is 0.133. The average Bonchev–Trinajstić information content (AvgIpc) is 2.81. The van der Waals surface area contributed by atoms with Crippen LogP contribution in [0, 0.1) is 5.82 Å². The van der Waals surface area contributed by atoms with Crippen molar-refractivity contribution in [1.29, 1.82) is 0 Å². The minimum atomic E-state index is -0.291. The maximum Gasteiger partial charge on any atom is 0.224 e. The second kappa shape index (κ2) is 6.40. The zero-order valence-corrected chi connectivity index (χ0v) is 12.8. The number of hydrogen-bond acceptors (Lipinski definition) is 3. The van der Waals surface area contributed by atoms with Crippen LogP contribution < -0.4 is 4.74 Å². The number of hydrogen-bond donors (Lipinski definition) is 1. The Kier molecular flexibility index (Phi) is 4.34. The van der Waals surface area contributed by atoms with Crippen LogP contribution in [0.3, 0.4) is 0 Å². The van der Waals surface area contributed by atoms with Gasteiger partial charge in [-0.3, -0.25) is 4.79 Å². The lowest BCUT2D eigenvalue weighted by atomic mass is 10.2. The fourth-order valence-corrected chi connectivity index (χ4v) is 2.78. The Labute approximate surface area is 134 Å². The summed E-state index contributed by atoms with van der Waals surface area (Å²) < 4.78 is 18.5. The van der Waals surface area contributed by atoms with Gasteiger partial charge in [-0.25, -0.2) is 4.39 Å². The molecule has 0 saturated carbocycles. The van der Waals surface area contributed by atoms with Crippen LogP contribution >= 0.6 is 12.6 Å². The molecule has 0 radical (unpaired) electrons. The Morgan fingerprint density at radius 2 is 1.68 bits per heavy atom. The van der Waals surface area contributed by atoms with Gasteiger partial charge < -0.3 is 9.64 Å². The molecule has 5 heteroatoms. The number of carbonyl (C=O) groups excluding carboxylic acids is 1. The molecule has 1 aliphatic heterocycles. The summed E-state index contributed by atoms with van der Waals surface area (Å²) >= 11 is 4.35. The minimum Gasteiger partial charge on any atom is -0.457 e. The van der Waals surface area contributed by atoms with E-state index in [1.54, 1.807) is 12.1 Å². The maximum absolute atomic E-state index is 12.8. The predicted molar refractivity (Wildman–Crippen MR) is 85.7 cm³/mol. The molecule has 22 heavy (non-hydrogen) atoms. The summed E-state index contributed by atoms with van der Waals surface area (Å²) in [6.45, 7) is 1.28. The highest BCUT2D eigenvalue weighted by Gasteiger charge is 2.26. The molecule has 2 aromatic rings. The molecule has 1 fully saturated rings. The minimum absolute atomic E-state index is 0.133. The van der Waals surface area contributed by atoms with Gasteiger partial charge >= 0.3 is 0 Å². The number of nitrogens with zero attached hydrogens (tertiary/aromatic N) is 1. The smallest absolute Gasteiger partial charge is 0.224 e. The first kappa shape index (κ1) is 14.9. The molecule has 3 rings (SSSR count). The quantitative estimate of drug-likeness (QED) is 0.872. The molecule has 1 unspecified atom stereocenters. The van der Waals surface area contributed by atoms with Crippen molar-refractivity contribution in [2.75, 3.05) is 6.54 Å². The second-order valence-electron chi connectivity index (χ2n) is 5.33. The third kappa shape index (κ3) is 3.60. The number of rotatable bonds is 4. The van der Waals surface area contributed by atoms with Crippen LogP contribution in [0.5, 0.6) is 11.5 Å². The number of likely N-dealkylation sites (tertiary alicyclic amines) is 1. The number of amides is 1. The molecule has 1 atom stereocenters. The first-order chi connectivity index (χ1) is 10.6. The van der Waals surface area contributed by atoms with Gasteiger partial charge in [0, 0.05) is 24.8 Å². The van der Waals surface area contributed by atoms with Crippen LogP contribution in [0.15, 0.2) is 48.5 Å². The average molecular weight is 317 g/mol. The van der Waals surface area contributed by atoms with Gasteiger partial charge in [-0.05, 0) is 42.0 Å². The third-order valence-corrected chi connectivity index (χ3v) is 3.89. The maximum atomic E-state index is 12.8. The van der Waals surface area contributed by atoms with Crippen LogP contribution in [0.25, 0.3) is 0 Å². The fraction of sp³-hybridized carbons (Fsp3) is 0.235. The van der Waals surface area contributed by atoms with Crippen LogP contribution in [0.1, 0.15) is 12.0 Å². The topological polar surface area (TPSA) is 29.5 Å². The van der Waals surface area contributed by atoms with E-state index in [2.05, 4.69) is 12.6 Å². The van der Waals surface area contributed by atoms with Gasteiger partial charge in [-0.15, -0.1) is 0 Å². The predicted octanol–water partition coefficient (Wildman–Crippen LogP) is 3.65. The van der Waals surface area contributed by atoms with Gasteiger partial charge in [0.15, 0.2) is 0 Å². The van der Waals surface area contributed by atoms with Crippen molar-refractivity contribution in [1.82, 2.24) is 4.90 Å². The highest BCUT2D eigenvalue weighted by molar-refractivity contribution is 7.81. The highest BCUT2D eigenvalue weighted by Crippen LogP contribution is 2.23. The molecular formula is C17H16FNO2S. The number of halogens is 1. The molecule has 1 heterocycles. The van der Waals surface area contributed by atoms with Crippen LogP contribution in [0.4, 0.5) is 4.39 Å². The molecule has 0 bridgehead atoms. The van der Waals surface area contributed by atoms with E-state index >= 15 is 0 Å². The first-order valence-electron chi connectivity index (χ1n) is 7.08. The van der Waals surface area contributed by atoms with E-state index in [4.69, 9.17) is 4.74 Å². The number of carbonyl (C=O) groups is 1. The van der Waals surface area contributed by atoms with Crippen molar-refractivity contribution in [2.24, 2.45) is 0 Å². The van der Waals surface area contributed by atoms with Gasteiger partial charge in [0.25, 0.3) is 0 Å². The summed E-state index contributed by atoms with van der Waals surface area (Å²) in [6, 6.07) is 13.4. The van der Waals surface area contributed by atoms with Gasteiger partial charge in [0.1, 0.15) is 17.3 Å². The van der Waals surface area contributed by atoms with E-state index in [9.17, 15) is 9.18 Å². The molecule has 1 amide bonds. The Morgan fingerprint density at radius 1 is 1.09 bits per heavy atom. The van der Waals surface area contributed by atoms with Gasteiger partial charge in [-0.1, -0.05) is 12.1 Å². The molecule has 0 aromatic heterocycles. The largest absolute Gasteiger partial charge is 0.457 e. The van der Waals surface area contributed by atoms with E-state index in [-0.39, 0.29) is 17.0 Å². The molecule has 1 aliphatic rings. The lowest BCUT2D eigenvalue weighted by Crippen LogP contribution is -2.24. The lowest BCUT2D eigenvalue weighted by molar-refractivity contribution is -0.128. The Bertz CT molecular complexity index is 657. The summed E-state index contributed by atoms with van der Waals surface area (Å²) in [5.41, 5.74) is 1.04. The Morgan fingerprint density at radius 3 is 2.23 bits per heavy atom. The SMILES string of the molecule is O=C1CC(S)CN1Cc1ccc(Oc2ccc(F)cc2)cc1. The van der Waals surface area contributed by atoms with Crippen LogP contribution in [-0.2, 0) is 11.3 Å². The molecule has 0 N–H and O–H groups in total. The van der Waals surface area contributed by atoms with Crippen molar-refractivity contribution in [2.45, 2.75) is 18.2 Å². The number of benzene rings is 2. The molecular weight excluding hydrogens is 301 g/mol. The normalized spacial score (nSPS) is 17.8. The number of thiol groups is 1. The van der Waals surface area contributed by atoms with Crippen molar-refractivity contribution < 1.29 is 13.9 Å². The molecule has 1 saturated heterocycles. The van der Waals surface area contributed by atoms with Crippen molar-refractivity contribution in [3.63, 3.8) is 0 Å². The van der Waals surface area contributed by atoms with E-state index in [0.717, 1.165) is 5.56 Å². The zero-order valence-electron chi connectivity index (χ0n) is 11.9. The molecule has 0 aliphatic carbocycles. The van der Waals surface area contributed by atoms with Crippen molar-refractivity contribution >= 4 is 18.5 Å². The lowest BCUT2D eigenvalue weighted by Gasteiger charge is -2.16. The van der Waals surface area contributed by atoms with Gasteiger partial charge in [0.2, 0.25) is 5.91 Å². The molecule has 2 aromatic carbocycles. The molecule has 3 nitrogen and oxygen atoms in total. The summed E-state index contributed by atoms with van der Waals surface area (Å²) in [6.07, 6.45) is 0.509.